The summed E-state index contributed by atoms with van der Waals surface area (Å²) < 4.78 is 0. The average Bonchev–Trinajstić information content (AvgIpc) is 2.88. The lowest BCUT2D eigenvalue weighted by Gasteiger charge is -2.27. The zero-order chi connectivity index (χ0) is 16.3. The van der Waals surface area contributed by atoms with E-state index in [2.05, 4.69) is 4.98 Å². The first-order valence-electron chi connectivity index (χ1n) is 7.50. The topological polar surface area (TPSA) is 73.4 Å². The molecule has 118 valence electrons. The van der Waals surface area contributed by atoms with Crippen molar-refractivity contribution < 1.29 is 14.7 Å². The minimum Gasteiger partial charge on any atom is -0.480 e. The molecule has 0 aliphatic heterocycles. The molecule has 5 heteroatoms. The predicted octanol–water partition coefficient (Wildman–Crippen LogP) is 2.73. The molecule has 1 aromatic carbocycles. The van der Waals surface area contributed by atoms with Crippen LogP contribution >= 0.6 is 0 Å². The lowest BCUT2D eigenvalue weighted by atomic mass is 10.0. The zero-order valence-corrected chi connectivity index (χ0v) is 13.2. The number of hydrogen-bond donors (Lipinski definition) is 2. The van der Waals surface area contributed by atoms with Gasteiger partial charge in [-0.05, 0) is 37.5 Å². The minimum atomic E-state index is -0.983. The third-order valence-electron chi connectivity index (χ3n) is 4.09. The molecule has 2 aromatic rings. The third kappa shape index (κ3) is 3.30. The normalized spacial score (nSPS) is 12.3. The molecule has 22 heavy (non-hydrogen) atoms. The molecule has 2 N–H and O–H groups in total. The monoisotopic (exact) mass is 302 g/mol. The molecule has 0 aliphatic carbocycles. The third-order valence-corrected chi connectivity index (χ3v) is 4.09. The van der Waals surface area contributed by atoms with Gasteiger partial charge in [-0.15, -0.1) is 0 Å². The number of carboxylic acids is 1. The van der Waals surface area contributed by atoms with Gasteiger partial charge in [0.2, 0.25) is 5.91 Å². The van der Waals surface area contributed by atoms with Gasteiger partial charge in [-0.1, -0.05) is 19.1 Å². The summed E-state index contributed by atoms with van der Waals surface area (Å²) in [5.41, 5.74) is 3.02. The van der Waals surface area contributed by atoms with Crippen LogP contribution in [0.3, 0.4) is 0 Å². The van der Waals surface area contributed by atoms with Gasteiger partial charge in [-0.3, -0.25) is 9.59 Å². The first-order valence-corrected chi connectivity index (χ1v) is 7.50. The summed E-state index contributed by atoms with van der Waals surface area (Å²) in [5, 5.41) is 10.1. The van der Waals surface area contributed by atoms with Crippen molar-refractivity contribution in [3.05, 3.63) is 35.5 Å². The largest absolute Gasteiger partial charge is 0.480 e. The van der Waals surface area contributed by atoms with E-state index in [0.29, 0.717) is 0 Å². The van der Waals surface area contributed by atoms with Crippen molar-refractivity contribution in [2.24, 2.45) is 0 Å². The Labute approximate surface area is 129 Å². The predicted molar refractivity (Wildman–Crippen MR) is 85.8 cm³/mol. The number of amides is 1. The quantitative estimate of drug-likeness (QED) is 0.861. The number of carbonyl (C=O) groups is 2. The summed E-state index contributed by atoms with van der Waals surface area (Å²) in [6.07, 6.45) is 2.78. The number of rotatable bonds is 6. The average molecular weight is 302 g/mol. The standard InChI is InChI=1S/C17H22N2O3/c1-4-12(3)19(10-16(21)22)15(20)8-13-9-18-14-7-5-6-11(2)17(13)14/h5-7,9,12,18H,4,8,10H2,1-3H3,(H,21,22). The van der Waals surface area contributed by atoms with Crippen molar-refractivity contribution in [3.8, 4) is 0 Å². The number of carbonyl (C=O) groups excluding carboxylic acids is 1. The molecule has 0 saturated carbocycles. The highest BCUT2D eigenvalue weighted by molar-refractivity contribution is 5.91. The number of hydrogen-bond acceptors (Lipinski definition) is 2. The number of H-pyrrole nitrogens is 1. The molecule has 1 amide bonds. The lowest BCUT2D eigenvalue weighted by Crippen LogP contribution is -2.42. The van der Waals surface area contributed by atoms with Crippen molar-refractivity contribution in [3.63, 3.8) is 0 Å². The summed E-state index contributed by atoms with van der Waals surface area (Å²) in [4.78, 5) is 28.2. The molecule has 0 aliphatic rings. The maximum Gasteiger partial charge on any atom is 0.323 e. The molecule has 0 fully saturated rings. The number of aromatic nitrogens is 1. The van der Waals surface area contributed by atoms with Crippen LogP contribution in [-0.4, -0.2) is 39.5 Å². The molecule has 1 heterocycles. The van der Waals surface area contributed by atoms with Crippen LogP contribution in [0.2, 0.25) is 0 Å². The van der Waals surface area contributed by atoms with E-state index in [1.807, 2.05) is 45.2 Å². The second-order valence-corrected chi connectivity index (χ2v) is 5.66. The van der Waals surface area contributed by atoms with Crippen LogP contribution < -0.4 is 0 Å². The maximum absolute atomic E-state index is 12.6. The Hall–Kier alpha value is -2.30. The highest BCUT2D eigenvalue weighted by Crippen LogP contribution is 2.23. The Morgan fingerprint density at radius 1 is 1.36 bits per heavy atom. The molecule has 2 rings (SSSR count). The van der Waals surface area contributed by atoms with Crippen LogP contribution in [0, 0.1) is 6.92 Å². The van der Waals surface area contributed by atoms with Crippen molar-refractivity contribution in [2.75, 3.05) is 6.54 Å². The van der Waals surface area contributed by atoms with Crippen LogP contribution in [-0.2, 0) is 16.0 Å². The summed E-state index contributed by atoms with van der Waals surface area (Å²) in [6.45, 7) is 5.58. The Morgan fingerprint density at radius 3 is 2.73 bits per heavy atom. The number of nitrogens with one attached hydrogen (secondary N) is 1. The molecule has 1 atom stereocenters. The number of nitrogens with zero attached hydrogens (tertiary/aromatic N) is 1. The van der Waals surface area contributed by atoms with E-state index < -0.39 is 5.97 Å². The van der Waals surface area contributed by atoms with Gasteiger partial charge < -0.3 is 15.0 Å². The molecule has 5 nitrogen and oxygen atoms in total. The molecular weight excluding hydrogens is 280 g/mol. The summed E-state index contributed by atoms with van der Waals surface area (Å²) in [7, 11) is 0. The molecule has 0 spiro atoms. The van der Waals surface area contributed by atoms with E-state index in [4.69, 9.17) is 5.11 Å². The van der Waals surface area contributed by atoms with Crippen LogP contribution in [0.4, 0.5) is 0 Å². The van der Waals surface area contributed by atoms with E-state index in [9.17, 15) is 9.59 Å². The van der Waals surface area contributed by atoms with Gasteiger partial charge >= 0.3 is 5.97 Å². The Morgan fingerprint density at radius 2 is 2.09 bits per heavy atom. The fourth-order valence-corrected chi connectivity index (χ4v) is 2.71. The van der Waals surface area contributed by atoms with E-state index in [1.165, 1.54) is 4.90 Å². The summed E-state index contributed by atoms with van der Waals surface area (Å²) >= 11 is 0. The minimum absolute atomic E-state index is 0.0881. The SMILES string of the molecule is CCC(C)N(CC(=O)O)C(=O)Cc1c[nH]c2cccc(C)c12. The first kappa shape index (κ1) is 16.1. The van der Waals surface area contributed by atoms with E-state index in [0.717, 1.165) is 28.5 Å². The number of aliphatic carboxylic acids is 1. The summed E-state index contributed by atoms with van der Waals surface area (Å²) in [6, 6.07) is 5.86. The Kier molecular flexibility index (Phi) is 4.85. The van der Waals surface area contributed by atoms with Gasteiger partial charge in [0, 0.05) is 23.1 Å². The van der Waals surface area contributed by atoms with Gasteiger partial charge in [-0.2, -0.15) is 0 Å². The van der Waals surface area contributed by atoms with Crippen LogP contribution in [0.15, 0.2) is 24.4 Å². The number of fused-ring (bicyclic) bond motifs is 1. The molecule has 0 radical (unpaired) electrons. The van der Waals surface area contributed by atoms with Crippen LogP contribution in [0.1, 0.15) is 31.4 Å². The second kappa shape index (κ2) is 6.64. The molecular formula is C17H22N2O3. The molecule has 0 bridgehead atoms. The highest BCUT2D eigenvalue weighted by atomic mass is 16.4. The van der Waals surface area contributed by atoms with Gasteiger partial charge in [0.05, 0.1) is 6.42 Å². The molecule has 0 saturated heterocycles. The van der Waals surface area contributed by atoms with Crippen molar-refractivity contribution >= 4 is 22.8 Å². The lowest BCUT2D eigenvalue weighted by molar-refractivity contribution is -0.145. The number of carboxylic acid groups (broad SMARTS) is 1. The van der Waals surface area contributed by atoms with Gasteiger partial charge in [0.1, 0.15) is 6.54 Å². The molecule has 1 unspecified atom stereocenters. The zero-order valence-electron chi connectivity index (χ0n) is 13.2. The smallest absolute Gasteiger partial charge is 0.323 e. The van der Waals surface area contributed by atoms with E-state index in [-0.39, 0.29) is 24.9 Å². The fraction of sp³-hybridized carbons (Fsp3) is 0.412. The fourth-order valence-electron chi connectivity index (χ4n) is 2.71. The number of aromatic amines is 1. The van der Waals surface area contributed by atoms with E-state index in [1.54, 1.807) is 0 Å². The highest BCUT2D eigenvalue weighted by Gasteiger charge is 2.22. The van der Waals surface area contributed by atoms with Gasteiger partial charge in [0.25, 0.3) is 0 Å². The van der Waals surface area contributed by atoms with Crippen LogP contribution in [0.25, 0.3) is 10.9 Å². The van der Waals surface area contributed by atoms with E-state index >= 15 is 0 Å². The van der Waals surface area contributed by atoms with Crippen molar-refractivity contribution in [1.29, 1.82) is 0 Å². The molecule has 1 aromatic heterocycles. The van der Waals surface area contributed by atoms with Gasteiger partial charge in [0.15, 0.2) is 0 Å². The Balaban J connectivity index is 2.26. The van der Waals surface area contributed by atoms with Gasteiger partial charge in [-0.25, -0.2) is 0 Å². The van der Waals surface area contributed by atoms with Crippen molar-refractivity contribution in [1.82, 2.24) is 9.88 Å². The first-order chi connectivity index (χ1) is 10.4. The number of aryl methyl sites for hydroxylation is 1. The maximum atomic E-state index is 12.6. The van der Waals surface area contributed by atoms with Crippen molar-refractivity contribution in [2.45, 2.75) is 39.7 Å². The van der Waals surface area contributed by atoms with Crippen LogP contribution in [0.5, 0.6) is 0 Å². The Bertz CT molecular complexity index is 690. The number of benzene rings is 1. The second-order valence-electron chi connectivity index (χ2n) is 5.66. The summed E-state index contributed by atoms with van der Waals surface area (Å²) in [5.74, 6) is -1.13.